The van der Waals surface area contributed by atoms with Crippen molar-refractivity contribution < 1.29 is 37.3 Å². The van der Waals surface area contributed by atoms with E-state index in [9.17, 15) is 18.0 Å². The van der Waals surface area contributed by atoms with Crippen LogP contribution in [0.15, 0.2) is 54.9 Å². The molecule has 9 nitrogen and oxygen atoms in total. The first-order valence-corrected chi connectivity index (χ1v) is 10.8. The first-order valence-electron chi connectivity index (χ1n) is 10.8. The molecule has 3 aromatic rings. The second kappa shape index (κ2) is 11.5. The smallest absolute Gasteiger partial charge is 0.490 e. The number of halogens is 3. The highest BCUT2D eigenvalue weighted by atomic mass is 19.4. The van der Waals surface area contributed by atoms with E-state index in [1.165, 1.54) is 0 Å². The Morgan fingerprint density at radius 2 is 1.86 bits per heavy atom. The lowest BCUT2D eigenvalue weighted by atomic mass is 10.1. The quantitative estimate of drug-likeness (QED) is 0.419. The molecule has 1 saturated carbocycles. The number of carboxylic acids is 1. The third-order valence-electron chi connectivity index (χ3n) is 5.25. The molecule has 1 heterocycles. The van der Waals surface area contributed by atoms with E-state index in [1.807, 2.05) is 53.6 Å². The van der Waals surface area contributed by atoms with Crippen LogP contribution in [0, 0.1) is 0 Å². The van der Waals surface area contributed by atoms with E-state index in [0.29, 0.717) is 18.0 Å². The van der Waals surface area contributed by atoms with Crippen molar-refractivity contribution in [3.8, 4) is 22.6 Å². The summed E-state index contributed by atoms with van der Waals surface area (Å²) in [6, 6.07) is 13.6. The Hall–Kier alpha value is -4.22. The van der Waals surface area contributed by atoms with Crippen LogP contribution in [0.4, 0.5) is 23.7 Å². The van der Waals surface area contributed by atoms with Gasteiger partial charge < -0.3 is 24.8 Å². The summed E-state index contributed by atoms with van der Waals surface area (Å²) in [5.74, 6) is -1.36. The number of amides is 2. The highest BCUT2D eigenvalue weighted by Gasteiger charge is 2.38. The zero-order valence-electron chi connectivity index (χ0n) is 19.5. The lowest BCUT2D eigenvalue weighted by Gasteiger charge is -2.24. The standard InChI is InChI=1S/C22H24N4O3.C2HF3O2/c1-28-19-5-3-4-15(10-19)14-26(18-7-8-18)22(27)25-20-9-6-16(11-21(20)29-2)17-12-23-24-13-17;3-2(4,5)1(6)7/h3-6,9-13,18H,7-8,14H2,1-2H3,(H,23,24)(H,25,27);(H,6,7). The monoisotopic (exact) mass is 506 g/mol. The Bertz CT molecular complexity index is 1180. The molecule has 0 radical (unpaired) electrons. The van der Waals surface area contributed by atoms with E-state index in [2.05, 4.69) is 15.5 Å². The molecule has 2 amide bonds. The number of carbonyl (C=O) groups is 2. The Balaban J connectivity index is 0.000000454. The van der Waals surface area contributed by atoms with E-state index in [-0.39, 0.29) is 12.1 Å². The number of carbonyl (C=O) groups excluding carboxylic acids is 1. The number of nitrogens with one attached hydrogen (secondary N) is 2. The van der Waals surface area contributed by atoms with Gasteiger partial charge in [-0.3, -0.25) is 5.10 Å². The van der Waals surface area contributed by atoms with Gasteiger partial charge in [-0.2, -0.15) is 18.3 Å². The molecule has 0 spiro atoms. The predicted octanol–water partition coefficient (Wildman–Crippen LogP) is 4.92. The number of methoxy groups -OCH3 is 2. The number of aliphatic carboxylic acids is 1. The molecule has 0 aliphatic heterocycles. The molecule has 36 heavy (non-hydrogen) atoms. The van der Waals surface area contributed by atoms with Crippen LogP contribution in [-0.4, -0.2) is 58.6 Å². The highest BCUT2D eigenvalue weighted by Crippen LogP contribution is 2.33. The number of aromatic amines is 1. The number of hydrogen-bond acceptors (Lipinski definition) is 5. The zero-order valence-corrected chi connectivity index (χ0v) is 19.5. The van der Waals surface area contributed by atoms with Crippen LogP contribution in [0.25, 0.3) is 11.1 Å². The second-order valence-corrected chi connectivity index (χ2v) is 7.85. The Morgan fingerprint density at radius 3 is 2.42 bits per heavy atom. The van der Waals surface area contributed by atoms with E-state index in [4.69, 9.17) is 19.4 Å². The van der Waals surface area contributed by atoms with Crippen molar-refractivity contribution >= 4 is 17.7 Å². The van der Waals surface area contributed by atoms with Crippen LogP contribution in [-0.2, 0) is 11.3 Å². The maximum Gasteiger partial charge on any atom is 0.490 e. The molecule has 0 saturated heterocycles. The molecule has 1 fully saturated rings. The average molecular weight is 506 g/mol. The summed E-state index contributed by atoms with van der Waals surface area (Å²) >= 11 is 0. The SMILES string of the molecule is COc1cccc(CN(C(=O)Nc2ccc(-c3cn[nH]c3)cc2OC)C2CC2)c1.O=C(O)C(F)(F)F. The number of H-pyrrole nitrogens is 1. The largest absolute Gasteiger partial charge is 0.497 e. The van der Waals surface area contributed by atoms with E-state index >= 15 is 0 Å². The molecular formula is C24H25F3N4O5. The first kappa shape index (κ1) is 26.4. The van der Waals surface area contributed by atoms with E-state index in [0.717, 1.165) is 35.3 Å². The zero-order chi connectivity index (χ0) is 26.3. The predicted molar refractivity (Wildman–Crippen MR) is 125 cm³/mol. The number of urea groups is 1. The molecule has 0 atom stereocenters. The van der Waals surface area contributed by atoms with Crippen molar-refractivity contribution in [1.82, 2.24) is 15.1 Å². The number of rotatable bonds is 7. The molecule has 12 heteroatoms. The van der Waals surface area contributed by atoms with Crippen molar-refractivity contribution in [2.75, 3.05) is 19.5 Å². The van der Waals surface area contributed by atoms with Gasteiger partial charge in [0.05, 0.1) is 26.1 Å². The van der Waals surface area contributed by atoms with Crippen molar-refractivity contribution in [1.29, 1.82) is 0 Å². The van der Waals surface area contributed by atoms with Gasteiger partial charge >= 0.3 is 18.2 Å². The molecule has 3 N–H and O–H groups in total. The number of anilines is 1. The van der Waals surface area contributed by atoms with Gasteiger partial charge in [-0.1, -0.05) is 18.2 Å². The average Bonchev–Trinajstić information content (AvgIpc) is 3.55. The van der Waals surface area contributed by atoms with Gasteiger partial charge in [0, 0.05) is 24.3 Å². The van der Waals surface area contributed by atoms with Crippen LogP contribution in [0.2, 0.25) is 0 Å². The maximum atomic E-state index is 13.0. The van der Waals surface area contributed by atoms with Crippen molar-refractivity contribution in [3.05, 3.63) is 60.4 Å². The molecule has 0 unspecified atom stereocenters. The summed E-state index contributed by atoms with van der Waals surface area (Å²) in [4.78, 5) is 23.8. The molecule has 2 aromatic carbocycles. The Kier molecular flexibility index (Phi) is 8.41. The van der Waals surface area contributed by atoms with Crippen LogP contribution in [0.3, 0.4) is 0 Å². The van der Waals surface area contributed by atoms with Crippen LogP contribution < -0.4 is 14.8 Å². The van der Waals surface area contributed by atoms with Gasteiger partial charge in [0.25, 0.3) is 0 Å². The fourth-order valence-corrected chi connectivity index (χ4v) is 3.29. The third-order valence-corrected chi connectivity index (χ3v) is 5.25. The summed E-state index contributed by atoms with van der Waals surface area (Å²) < 4.78 is 42.5. The number of nitrogens with zero attached hydrogens (tertiary/aromatic N) is 2. The molecule has 4 rings (SSSR count). The van der Waals surface area contributed by atoms with Gasteiger partial charge in [-0.05, 0) is 48.2 Å². The van der Waals surface area contributed by atoms with Crippen molar-refractivity contribution in [2.24, 2.45) is 0 Å². The number of hydrogen-bond donors (Lipinski definition) is 3. The summed E-state index contributed by atoms with van der Waals surface area (Å²) in [5, 5.41) is 16.9. The topological polar surface area (TPSA) is 117 Å². The Labute approximate surface area is 204 Å². The van der Waals surface area contributed by atoms with E-state index < -0.39 is 12.1 Å². The number of carboxylic acid groups (broad SMARTS) is 1. The number of aromatic nitrogens is 2. The molecule has 0 bridgehead atoms. The minimum atomic E-state index is -5.08. The molecule has 1 aliphatic carbocycles. The van der Waals surface area contributed by atoms with Crippen LogP contribution in [0.1, 0.15) is 18.4 Å². The number of ether oxygens (including phenoxy) is 2. The lowest BCUT2D eigenvalue weighted by Crippen LogP contribution is -2.36. The minimum absolute atomic E-state index is 0.135. The van der Waals surface area contributed by atoms with Crippen molar-refractivity contribution in [2.45, 2.75) is 31.6 Å². The summed E-state index contributed by atoms with van der Waals surface area (Å²) in [7, 11) is 3.24. The lowest BCUT2D eigenvalue weighted by molar-refractivity contribution is -0.192. The molecular weight excluding hydrogens is 481 g/mol. The molecule has 1 aromatic heterocycles. The highest BCUT2D eigenvalue weighted by molar-refractivity contribution is 5.92. The summed E-state index contributed by atoms with van der Waals surface area (Å²) in [6.45, 7) is 0.531. The second-order valence-electron chi connectivity index (χ2n) is 7.85. The summed E-state index contributed by atoms with van der Waals surface area (Å²) in [5.41, 5.74) is 3.59. The minimum Gasteiger partial charge on any atom is -0.497 e. The normalized spacial score (nSPS) is 12.7. The van der Waals surface area contributed by atoms with Gasteiger partial charge in [0.1, 0.15) is 11.5 Å². The van der Waals surface area contributed by atoms with Gasteiger partial charge in [0.15, 0.2) is 0 Å². The fourth-order valence-electron chi connectivity index (χ4n) is 3.29. The molecule has 1 aliphatic rings. The van der Waals surface area contributed by atoms with Crippen LogP contribution >= 0.6 is 0 Å². The summed E-state index contributed by atoms with van der Waals surface area (Å²) in [6.07, 6.45) is 0.522. The molecule has 192 valence electrons. The maximum absolute atomic E-state index is 13.0. The van der Waals surface area contributed by atoms with Crippen LogP contribution in [0.5, 0.6) is 11.5 Å². The van der Waals surface area contributed by atoms with Gasteiger partial charge in [-0.15, -0.1) is 0 Å². The van der Waals surface area contributed by atoms with Gasteiger partial charge in [0.2, 0.25) is 0 Å². The van der Waals surface area contributed by atoms with E-state index in [1.54, 1.807) is 20.4 Å². The first-order chi connectivity index (χ1) is 17.1. The number of alkyl halides is 3. The third kappa shape index (κ3) is 7.14. The Morgan fingerprint density at radius 1 is 1.14 bits per heavy atom. The van der Waals surface area contributed by atoms with Gasteiger partial charge in [-0.25, -0.2) is 9.59 Å². The number of benzene rings is 2. The fraction of sp³-hybridized carbons (Fsp3) is 0.292. The van der Waals surface area contributed by atoms with Crippen molar-refractivity contribution in [3.63, 3.8) is 0 Å².